The molecule has 1 aliphatic rings. The van der Waals surface area contributed by atoms with Crippen LogP contribution in [0.5, 0.6) is 0 Å². The summed E-state index contributed by atoms with van der Waals surface area (Å²) in [5.41, 5.74) is 1.38. The number of hydrogen-bond donors (Lipinski definition) is 2. The molecule has 0 aliphatic carbocycles. The number of carbonyl (C=O) groups excluding carboxylic acids is 1. The molecule has 7 nitrogen and oxygen atoms in total. The normalized spacial score (nSPS) is 14.7. The first kappa shape index (κ1) is 21.3. The van der Waals surface area contributed by atoms with E-state index in [1.807, 2.05) is 17.5 Å². The minimum absolute atomic E-state index is 0.131. The highest BCUT2D eigenvalue weighted by atomic mass is 32.1. The van der Waals surface area contributed by atoms with Crippen molar-refractivity contribution in [1.82, 2.24) is 9.88 Å². The Kier molecular flexibility index (Phi) is 6.48. The van der Waals surface area contributed by atoms with Crippen molar-refractivity contribution in [2.75, 3.05) is 42.9 Å². The van der Waals surface area contributed by atoms with Gasteiger partial charge in [0.2, 0.25) is 5.91 Å². The number of benzene rings is 1. The van der Waals surface area contributed by atoms with Gasteiger partial charge in [0.15, 0.2) is 0 Å². The number of carboxylic acids is 1. The summed E-state index contributed by atoms with van der Waals surface area (Å²) < 4.78 is 0. The summed E-state index contributed by atoms with van der Waals surface area (Å²) in [6.45, 7) is 6.81. The lowest BCUT2D eigenvalue weighted by Crippen LogP contribution is -2.46. The number of anilines is 2. The summed E-state index contributed by atoms with van der Waals surface area (Å²) >= 11 is 1.53. The molecule has 162 valence electrons. The van der Waals surface area contributed by atoms with Crippen LogP contribution in [-0.4, -0.2) is 59.6 Å². The molecule has 0 unspecified atom stereocenters. The number of piperazine rings is 1. The molecule has 4 rings (SSSR count). The van der Waals surface area contributed by atoms with Crippen molar-refractivity contribution in [1.29, 1.82) is 0 Å². The molecule has 8 heteroatoms. The zero-order valence-electron chi connectivity index (χ0n) is 17.5. The van der Waals surface area contributed by atoms with Crippen molar-refractivity contribution in [3.8, 4) is 0 Å². The fraction of sp³-hybridized carbons (Fsp3) is 0.348. The maximum Gasteiger partial charge on any atom is 0.336 e. The average molecular weight is 439 g/mol. The fourth-order valence-corrected chi connectivity index (χ4v) is 4.63. The van der Waals surface area contributed by atoms with Crippen molar-refractivity contribution >= 4 is 45.6 Å². The van der Waals surface area contributed by atoms with Crippen LogP contribution < -0.4 is 10.2 Å². The van der Waals surface area contributed by atoms with E-state index in [0.29, 0.717) is 28.8 Å². The number of thiophene rings is 1. The number of pyridine rings is 1. The SMILES string of the molecule is CCCN1CCN(c2cc(C(=O)O)c3cc(NC(=O)Cc4cccs4)ccc3n2)CC1. The van der Waals surface area contributed by atoms with Gasteiger partial charge in [-0.25, -0.2) is 9.78 Å². The van der Waals surface area contributed by atoms with Gasteiger partial charge < -0.3 is 15.3 Å². The summed E-state index contributed by atoms with van der Waals surface area (Å²) in [6, 6.07) is 10.7. The molecule has 1 saturated heterocycles. The van der Waals surface area contributed by atoms with E-state index < -0.39 is 5.97 Å². The van der Waals surface area contributed by atoms with Gasteiger partial charge >= 0.3 is 5.97 Å². The van der Waals surface area contributed by atoms with Gasteiger partial charge in [0.1, 0.15) is 5.82 Å². The van der Waals surface area contributed by atoms with E-state index in [1.54, 1.807) is 24.3 Å². The average Bonchev–Trinajstić information content (AvgIpc) is 3.26. The Labute approximate surface area is 185 Å². The number of nitrogens with zero attached hydrogens (tertiary/aromatic N) is 3. The van der Waals surface area contributed by atoms with E-state index in [1.165, 1.54) is 11.3 Å². The van der Waals surface area contributed by atoms with Crippen molar-refractivity contribution < 1.29 is 14.7 Å². The highest BCUT2D eigenvalue weighted by Gasteiger charge is 2.20. The van der Waals surface area contributed by atoms with Gasteiger partial charge in [0.05, 0.1) is 17.5 Å². The second kappa shape index (κ2) is 9.45. The molecule has 0 bridgehead atoms. The van der Waals surface area contributed by atoms with E-state index in [0.717, 1.165) is 44.0 Å². The van der Waals surface area contributed by atoms with Crippen molar-refractivity contribution in [2.24, 2.45) is 0 Å². The van der Waals surface area contributed by atoms with Crippen LogP contribution in [0.1, 0.15) is 28.6 Å². The molecule has 1 aliphatic heterocycles. The third-order valence-electron chi connectivity index (χ3n) is 5.46. The summed E-state index contributed by atoms with van der Waals surface area (Å²) in [7, 11) is 0. The molecule has 0 spiro atoms. The molecule has 0 radical (unpaired) electrons. The van der Waals surface area contributed by atoms with Crippen LogP contribution in [0.25, 0.3) is 10.9 Å². The lowest BCUT2D eigenvalue weighted by molar-refractivity contribution is -0.115. The van der Waals surface area contributed by atoms with Crippen LogP contribution in [0.2, 0.25) is 0 Å². The molecule has 2 aromatic heterocycles. The number of amides is 1. The van der Waals surface area contributed by atoms with Gasteiger partial charge in [-0.1, -0.05) is 13.0 Å². The fourth-order valence-electron chi connectivity index (χ4n) is 3.92. The third kappa shape index (κ3) is 5.03. The first-order valence-electron chi connectivity index (χ1n) is 10.5. The predicted octanol–water partition coefficient (Wildman–Crippen LogP) is 3.71. The quantitative estimate of drug-likeness (QED) is 0.585. The molecule has 0 saturated carbocycles. The van der Waals surface area contributed by atoms with E-state index in [4.69, 9.17) is 4.98 Å². The smallest absolute Gasteiger partial charge is 0.336 e. The molecule has 2 N–H and O–H groups in total. The maximum absolute atomic E-state index is 12.3. The molecule has 31 heavy (non-hydrogen) atoms. The van der Waals surface area contributed by atoms with Crippen LogP contribution in [-0.2, 0) is 11.2 Å². The van der Waals surface area contributed by atoms with Gasteiger partial charge in [-0.05, 0) is 48.7 Å². The number of rotatable bonds is 7. The Morgan fingerprint density at radius 1 is 1.16 bits per heavy atom. The largest absolute Gasteiger partial charge is 0.478 e. The van der Waals surface area contributed by atoms with Crippen LogP contribution in [0.4, 0.5) is 11.5 Å². The van der Waals surface area contributed by atoms with Gasteiger partial charge in [0, 0.05) is 42.1 Å². The summed E-state index contributed by atoms with van der Waals surface area (Å²) in [6.07, 6.45) is 1.42. The Hall–Kier alpha value is -2.97. The number of carboxylic acid groups (broad SMARTS) is 1. The summed E-state index contributed by atoms with van der Waals surface area (Å²) in [5, 5.41) is 15.1. The number of nitrogens with one attached hydrogen (secondary N) is 1. The lowest BCUT2D eigenvalue weighted by Gasteiger charge is -2.35. The van der Waals surface area contributed by atoms with Gasteiger partial charge in [-0.15, -0.1) is 11.3 Å². The highest BCUT2D eigenvalue weighted by Crippen LogP contribution is 2.27. The first-order chi connectivity index (χ1) is 15.0. The van der Waals surface area contributed by atoms with Crippen LogP contribution in [0, 0.1) is 0 Å². The number of fused-ring (bicyclic) bond motifs is 1. The van der Waals surface area contributed by atoms with E-state index in [9.17, 15) is 14.7 Å². The van der Waals surface area contributed by atoms with Crippen LogP contribution in [0.15, 0.2) is 41.8 Å². The first-order valence-corrected chi connectivity index (χ1v) is 11.4. The van der Waals surface area contributed by atoms with Gasteiger partial charge in [-0.3, -0.25) is 9.69 Å². The lowest BCUT2D eigenvalue weighted by atomic mass is 10.1. The Bertz CT molecular complexity index is 1080. The molecule has 3 heterocycles. The zero-order valence-corrected chi connectivity index (χ0v) is 18.3. The van der Waals surface area contributed by atoms with Crippen molar-refractivity contribution in [3.63, 3.8) is 0 Å². The number of carbonyl (C=O) groups is 2. The van der Waals surface area contributed by atoms with Crippen LogP contribution in [0.3, 0.4) is 0 Å². The van der Waals surface area contributed by atoms with E-state index >= 15 is 0 Å². The third-order valence-corrected chi connectivity index (χ3v) is 6.34. The second-order valence-corrected chi connectivity index (χ2v) is 8.73. The monoisotopic (exact) mass is 438 g/mol. The summed E-state index contributed by atoms with van der Waals surface area (Å²) in [5.74, 6) is -0.441. The molecule has 3 aromatic rings. The van der Waals surface area contributed by atoms with Gasteiger partial charge in [-0.2, -0.15) is 0 Å². The molecular formula is C23H26N4O3S. The molecule has 1 amide bonds. The van der Waals surface area contributed by atoms with E-state index in [-0.39, 0.29) is 11.5 Å². The minimum Gasteiger partial charge on any atom is -0.478 e. The van der Waals surface area contributed by atoms with Crippen molar-refractivity contribution in [2.45, 2.75) is 19.8 Å². The van der Waals surface area contributed by atoms with Crippen molar-refractivity contribution in [3.05, 3.63) is 52.2 Å². The predicted molar refractivity (Wildman–Crippen MR) is 124 cm³/mol. The number of aromatic nitrogens is 1. The standard InChI is InChI=1S/C23H26N4O3S/c1-2-7-26-8-10-27(11-9-26)21-15-19(23(29)30)18-13-16(5-6-20(18)25-21)24-22(28)14-17-4-3-12-31-17/h3-6,12-13,15H,2,7-11,14H2,1H3,(H,24,28)(H,29,30). The Morgan fingerprint density at radius 2 is 1.97 bits per heavy atom. The Balaban J connectivity index is 1.56. The maximum atomic E-state index is 12.3. The number of aromatic carboxylic acids is 1. The van der Waals surface area contributed by atoms with Gasteiger partial charge in [0.25, 0.3) is 0 Å². The minimum atomic E-state index is -1.000. The molecular weight excluding hydrogens is 412 g/mol. The highest BCUT2D eigenvalue weighted by molar-refractivity contribution is 7.10. The molecule has 1 aromatic carbocycles. The summed E-state index contributed by atoms with van der Waals surface area (Å²) in [4.78, 5) is 34.6. The molecule has 1 fully saturated rings. The molecule has 0 atom stereocenters. The topological polar surface area (TPSA) is 85.8 Å². The Morgan fingerprint density at radius 3 is 2.65 bits per heavy atom. The second-order valence-electron chi connectivity index (χ2n) is 7.70. The van der Waals surface area contributed by atoms with Crippen LogP contribution >= 0.6 is 11.3 Å². The van der Waals surface area contributed by atoms with E-state index in [2.05, 4.69) is 22.0 Å². The zero-order chi connectivity index (χ0) is 21.8. The number of hydrogen-bond acceptors (Lipinski definition) is 6.